The van der Waals surface area contributed by atoms with Crippen LogP contribution in [0.1, 0.15) is 36.8 Å². The molecule has 6 heteroatoms. The maximum Gasteiger partial charge on any atom is 0.229 e. The van der Waals surface area contributed by atoms with Gasteiger partial charge in [0.1, 0.15) is 10.8 Å². The fourth-order valence-corrected chi connectivity index (χ4v) is 2.61. The zero-order valence-corrected chi connectivity index (χ0v) is 13.8. The van der Waals surface area contributed by atoms with Gasteiger partial charge in [0, 0.05) is 6.42 Å². The van der Waals surface area contributed by atoms with E-state index in [0.717, 1.165) is 30.0 Å². The number of ether oxygens (including phenoxy) is 1. The number of unbranched alkanes of at least 4 members (excludes halogenated alkanes) is 1. The van der Waals surface area contributed by atoms with Gasteiger partial charge in [0.2, 0.25) is 11.0 Å². The Morgan fingerprint density at radius 1 is 1.27 bits per heavy atom. The second-order valence-corrected chi connectivity index (χ2v) is 6.13. The summed E-state index contributed by atoms with van der Waals surface area (Å²) < 4.78 is 5.53. The molecular formula is C16H21N3O2S. The standard InChI is InChI=1S/C16H21N3O2S/c1-3-4-5-15-18-19-16(22-15)17-14(20)10-11-21-13-8-6-12(2)7-9-13/h6-9H,3-5,10-11H2,1-2H3,(H,17,19,20). The first kappa shape index (κ1) is 16.4. The predicted molar refractivity (Wildman–Crippen MR) is 88.4 cm³/mol. The minimum atomic E-state index is -0.106. The number of carbonyl (C=O) groups excluding carboxylic acids is 1. The SMILES string of the molecule is CCCCc1nnc(NC(=O)CCOc2ccc(C)cc2)s1. The molecule has 0 saturated heterocycles. The molecule has 0 bridgehead atoms. The number of hydrogen-bond donors (Lipinski definition) is 1. The highest BCUT2D eigenvalue weighted by Gasteiger charge is 2.08. The van der Waals surface area contributed by atoms with Crippen LogP contribution in [0, 0.1) is 6.92 Å². The lowest BCUT2D eigenvalue weighted by Crippen LogP contribution is -2.15. The molecular weight excluding hydrogens is 298 g/mol. The summed E-state index contributed by atoms with van der Waals surface area (Å²) in [6.45, 7) is 4.50. The molecule has 0 unspecified atom stereocenters. The molecule has 1 heterocycles. The maximum atomic E-state index is 11.8. The van der Waals surface area contributed by atoms with E-state index in [1.165, 1.54) is 16.9 Å². The lowest BCUT2D eigenvalue weighted by molar-refractivity contribution is -0.116. The third-order valence-electron chi connectivity index (χ3n) is 3.08. The van der Waals surface area contributed by atoms with Crippen molar-refractivity contribution in [2.75, 3.05) is 11.9 Å². The van der Waals surface area contributed by atoms with Crippen molar-refractivity contribution in [3.63, 3.8) is 0 Å². The lowest BCUT2D eigenvalue weighted by atomic mass is 10.2. The number of rotatable bonds is 8. The van der Waals surface area contributed by atoms with Crippen molar-refractivity contribution in [1.29, 1.82) is 0 Å². The van der Waals surface area contributed by atoms with Gasteiger partial charge in [-0.15, -0.1) is 10.2 Å². The highest BCUT2D eigenvalue weighted by atomic mass is 32.1. The van der Waals surface area contributed by atoms with E-state index in [0.29, 0.717) is 11.7 Å². The van der Waals surface area contributed by atoms with Crippen molar-refractivity contribution in [2.45, 2.75) is 39.5 Å². The molecule has 0 fully saturated rings. The monoisotopic (exact) mass is 319 g/mol. The van der Waals surface area contributed by atoms with Crippen molar-refractivity contribution in [1.82, 2.24) is 10.2 Å². The average molecular weight is 319 g/mol. The van der Waals surface area contributed by atoms with Crippen LogP contribution in [0.5, 0.6) is 5.75 Å². The first-order chi connectivity index (χ1) is 10.7. The molecule has 0 aliphatic carbocycles. The molecule has 1 aromatic heterocycles. The van der Waals surface area contributed by atoms with Gasteiger partial charge in [-0.05, 0) is 25.5 Å². The summed E-state index contributed by atoms with van der Waals surface area (Å²) in [5.74, 6) is 0.668. The summed E-state index contributed by atoms with van der Waals surface area (Å²) >= 11 is 1.44. The van der Waals surface area contributed by atoms with Gasteiger partial charge in [-0.2, -0.15) is 0 Å². The molecule has 0 atom stereocenters. The molecule has 1 amide bonds. The van der Waals surface area contributed by atoms with E-state index in [1.807, 2.05) is 31.2 Å². The van der Waals surface area contributed by atoms with Gasteiger partial charge in [0.05, 0.1) is 13.0 Å². The second-order valence-electron chi connectivity index (χ2n) is 5.06. The Labute approximate surface area is 134 Å². The topological polar surface area (TPSA) is 64.1 Å². The number of aromatic nitrogens is 2. The van der Waals surface area contributed by atoms with E-state index in [-0.39, 0.29) is 12.3 Å². The lowest BCUT2D eigenvalue weighted by Gasteiger charge is -2.06. The Hall–Kier alpha value is -1.95. The minimum Gasteiger partial charge on any atom is -0.493 e. The molecule has 22 heavy (non-hydrogen) atoms. The molecule has 1 aromatic carbocycles. The highest BCUT2D eigenvalue weighted by molar-refractivity contribution is 7.15. The normalized spacial score (nSPS) is 10.5. The number of nitrogens with one attached hydrogen (secondary N) is 1. The van der Waals surface area contributed by atoms with E-state index in [4.69, 9.17) is 4.74 Å². The number of nitrogens with zero attached hydrogens (tertiary/aromatic N) is 2. The van der Waals surface area contributed by atoms with E-state index < -0.39 is 0 Å². The third kappa shape index (κ3) is 5.44. The molecule has 118 valence electrons. The summed E-state index contributed by atoms with van der Waals surface area (Å²) in [6, 6.07) is 7.76. The number of benzene rings is 1. The molecule has 5 nitrogen and oxygen atoms in total. The van der Waals surface area contributed by atoms with Gasteiger partial charge in [0.15, 0.2) is 0 Å². The van der Waals surface area contributed by atoms with Gasteiger partial charge in [-0.1, -0.05) is 42.4 Å². The summed E-state index contributed by atoms with van der Waals surface area (Å²) in [5.41, 5.74) is 1.18. The van der Waals surface area contributed by atoms with Crippen molar-refractivity contribution < 1.29 is 9.53 Å². The fourth-order valence-electron chi connectivity index (χ4n) is 1.81. The van der Waals surface area contributed by atoms with Crippen LogP contribution >= 0.6 is 11.3 Å². The van der Waals surface area contributed by atoms with Crippen LogP contribution in [0.3, 0.4) is 0 Å². The van der Waals surface area contributed by atoms with Crippen LogP contribution < -0.4 is 10.1 Å². The Balaban J connectivity index is 1.71. The number of aryl methyl sites for hydroxylation is 2. The Kier molecular flexibility index (Phi) is 6.33. The number of anilines is 1. The van der Waals surface area contributed by atoms with Crippen molar-refractivity contribution in [3.8, 4) is 5.75 Å². The first-order valence-corrected chi connectivity index (χ1v) is 8.30. The van der Waals surface area contributed by atoms with E-state index in [9.17, 15) is 4.79 Å². The Bertz CT molecular complexity index is 596. The number of hydrogen-bond acceptors (Lipinski definition) is 5. The fraction of sp³-hybridized carbons (Fsp3) is 0.438. The first-order valence-electron chi connectivity index (χ1n) is 7.49. The van der Waals surface area contributed by atoms with Crippen LogP contribution in [0.2, 0.25) is 0 Å². The highest BCUT2D eigenvalue weighted by Crippen LogP contribution is 2.17. The number of amides is 1. The Morgan fingerprint density at radius 2 is 2.05 bits per heavy atom. The van der Waals surface area contributed by atoms with Crippen molar-refractivity contribution >= 4 is 22.4 Å². The molecule has 0 saturated carbocycles. The smallest absolute Gasteiger partial charge is 0.229 e. The molecule has 0 aliphatic rings. The van der Waals surface area contributed by atoms with Crippen LogP contribution in [0.4, 0.5) is 5.13 Å². The molecule has 2 aromatic rings. The number of carbonyl (C=O) groups is 1. The van der Waals surface area contributed by atoms with Gasteiger partial charge >= 0.3 is 0 Å². The predicted octanol–water partition coefficient (Wildman–Crippen LogP) is 3.60. The van der Waals surface area contributed by atoms with Crippen LogP contribution in [-0.2, 0) is 11.2 Å². The van der Waals surface area contributed by atoms with Crippen LogP contribution in [0.25, 0.3) is 0 Å². The van der Waals surface area contributed by atoms with Crippen LogP contribution in [-0.4, -0.2) is 22.7 Å². The second kappa shape index (κ2) is 8.48. The van der Waals surface area contributed by atoms with Crippen molar-refractivity contribution in [2.24, 2.45) is 0 Å². The summed E-state index contributed by atoms with van der Waals surface area (Å²) in [4.78, 5) is 11.8. The summed E-state index contributed by atoms with van der Waals surface area (Å²) in [7, 11) is 0. The van der Waals surface area contributed by atoms with E-state index in [2.05, 4.69) is 22.4 Å². The minimum absolute atomic E-state index is 0.106. The van der Waals surface area contributed by atoms with E-state index in [1.54, 1.807) is 0 Å². The van der Waals surface area contributed by atoms with Gasteiger partial charge in [0.25, 0.3) is 0 Å². The Morgan fingerprint density at radius 3 is 2.77 bits per heavy atom. The third-order valence-corrected chi connectivity index (χ3v) is 3.97. The quantitative estimate of drug-likeness (QED) is 0.807. The maximum absolute atomic E-state index is 11.8. The molecule has 0 aliphatic heterocycles. The summed E-state index contributed by atoms with van der Waals surface area (Å²) in [6.07, 6.45) is 3.42. The zero-order valence-electron chi connectivity index (χ0n) is 13.0. The molecule has 2 rings (SSSR count). The van der Waals surface area contributed by atoms with E-state index >= 15 is 0 Å². The largest absolute Gasteiger partial charge is 0.493 e. The van der Waals surface area contributed by atoms with Crippen molar-refractivity contribution in [3.05, 3.63) is 34.8 Å². The van der Waals surface area contributed by atoms with Gasteiger partial charge < -0.3 is 10.1 Å². The van der Waals surface area contributed by atoms with Gasteiger partial charge in [-0.25, -0.2) is 0 Å². The molecule has 0 radical (unpaired) electrons. The summed E-state index contributed by atoms with van der Waals surface area (Å²) in [5, 5.41) is 12.3. The van der Waals surface area contributed by atoms with Crippen LogP contribution in [0.15, 0.2) is 24.3 Å². The zero-order chi connectivity index (χ0) is 15.8. The average Bonchev–Trinajstić information content (AvgIpc) is 2.94. The molecule has 1 N–H and O–H groups in total. The molecule has 0 spiro atoms. The van der Waals surface area contributed by atoms with Gasteiger partial charge in [-0.3, -0.25) is 4.79 Å².